The second-order valence-corrected chi connectivity index (χ2v) is 1.69. The number of nitrogens with zero attached hydrogens (tertiary/aromatic N) is 2. The Kier molecular flexibility index (Phi) is 1.50. The van der Waals surface area contributed by atoms with Gasteiger partial charge in [-0.3, -0.25) is 4.98 Å². The Hall–Kier alpha value is -1.63. The molecule has 1 aromatic rings. The molecule has 10 heavy (non-hydrogen) atoms. The molecule has 0 unspecified atom stereocenters. The number of hydrogen-bond donors (Lipinski definition) is 1. The third kappa shape index (κ3) is 0.890. The van der Waals surface area contributed by atoms with E-state index in [1.807, 2.05) is 0 Å². The summed E-state index contributed by atoms with van der Waals surface area (Å²) in [5.41, 5.74) is 5.08. The van der Waals surface area contributed by atoms with Gasteiger partial charge in [-0.05, 0) is 0 Å². The Bertz CT molecular complexity index is 290. The Morgan fingerprint density at radius 2 is 2.30 bits per heavy atom. The number of nitrogens with two attached hydrogens (primary N) is 1. The largest absolute Gasteiger partial charge is 0.395 e. The van der Waals surface area contributed by atoms with E-state index >= 15 is 0 Å². The van der Waals surface area contributed by atoms with E-state index in [1.54, 1.807) is 6.07 Å². The van der Waals surface area contributed by atoms with Crippen LogP contribution in [-0.2, 0) is 0 Å². The lowest BCUT2D eigenvalue weighted by atomic mass is 10.2. The van der Waals surface area contributed by atoms with Gasteiger partial charge in [0, 0.05) is 6.20 Å². The molecule has 1 aromatic heterocycles. The summed E-state index contributed by atoms with van der Waals surface area (Å²) >= 11 is 0. The molecule has 1 heterocycles. The first-order valence-electron chi connectivity index (χ1n) is 2.55. The Morgan fingerprint density at radius 3 is 2.80 bits per heavy atom. The van der Waals surface area contributed by atoms with Crippen LogP contribution < -0.4 is 5.73 Å². The van der Waals surface area contributed by atoms with Gasteiger partial charge in [-0.1, -0.05) is 0 Å². The lowest BCUT2D eigenvalue weighted by Crippen LogP contribution is -1.95. The maximum atomic E-state index is 12.4. The second-order valence-electron chi connectivity index (χ2n) is 1.69. The van der Waals surface area contributed by atoms with E-state index in [0.29, 0.717) is 0 Å². The van der Waals surface area contributed by atoms with Crippen molar-refractivity contribution >= 4 is 5.69 Å². The van der Waals surface area contributed by atoms with Crippen LogP contribution in [0, 0.1) is 17.1 Å². The molecule has 0 bridgehead atoms. The Labute approximate surface area is 56.9 Å². The third-order valence-corrected chi connectivity index (χ3v) is 1.06. The summed E-state index contributed by atoms with van der Waals surface area (Å²) in [5, 5.41) is 8.31. The monoisotopic (exact) mass is 137 g/mol. The number of aromatic nitrogens is 1. The van der Waals surface area contributed by atoms with E-state index in [1.165, 1.54) is 6.20 Å². The van der Waals surface area contributed by atoms with Crippen molar-refractivity contribution in [2.75, 3.05) is 5.73 Å². The first kappa shape index (κ1) is 6.49. The number of rotatable bonds is 0. The van der Waals surface area contributed by atoms with E-state index in [2.05, 4.69) is 4.98 Å². The number of anilines is 1. The second kappa shape index (κ2) is 2.31. The zero-order valence-corrected chi connectivity index (χ0v) is 5.00. The summed E-state index contributed by atoms with van der Waals surface area (Å²) in [7, 11) is 0. The van der Waals surface area contributed by atoms with Crippen LogP contribution in [-0.4, -0.2) is 4.98 Å². The quantitative estimate of drug-likeness (QED) is 0.571. The molecule has 0 amide bonds. The standard InChI is InChI=1S/C6H4FN3/c7-5-3-10-2-4(1-8)6(5)9/h2-3H,(H2,9,10). The summed E-state index contributed by atoms with van der Waals surface area (Å²) in [4.78, 5) is 3.44. The summed E-state index contributed by atoms with van der Waals surface area (Å²) in [6.07, 6.45) is 2.19. The van der Waals surface area contributed by atoms with E-state index in [9.17, 15) is 4.39 Å². The molecule has 0 aliphatic rings. The molecule has 2 N–H and O–H groups in total. The highest BCUT2D eigenvalue weighted by Crippen LogP contribution is 2.11. The normalized spacial score (nSPS) is 8.80. The highest BCUT2D eigenvalue weighted by Gasteiger charge is 2.02. The molecule has 0 atom stereocenters. The maximum absolute atomic E-state index is 12.4. The van der Waals surface area contributed by atoms with Gasteiger partial charge in [0.2, 0.25) is 0 Å². The predicted octanol–water partition coefficient (Wildman–Crippen LogP) is 0.675. The zero-order chi connectivity index (χ0) is 7.56. The molecular formula is C6H4FN3. The number of halogens is 1. The average Bonchev–Trinajstić information content (AvgIpc) is 1.95. The molecule has 0 aromatic carbocycles. The lowest BCUT2D eigenvalue weighted by Gasteiger charge is -1.94. The molecule has 0 fully saturated rings. The minimum Gasteiger partial charge on any atom is -0.395 e. The minimum atomic E-state index is -0.654. The first-order chi connectivity index (χ1) is 4.75. The van der Waals surface area contributed by atoms with E-state index in [0.717, 1.165) is 6.20 Å². The molecule has 4 heteroatoms. The molecule has 0 aliphatic carbocycles. The number of nitrogen functional groups attached to an aromatic ring is 1. The van der Waals surface area contributed by atoms with Crippen LogP contribution in [0.3, 0.4) is 0 Å². The predicted molar refractivity (Wildman–Crippen MR) is 33.3 cm³/mol. The number of hydrogen-bond acceptors (Lipinski definition) is 3. The molecule has 0 radical (unpaired) electrons. The SMILES string of the molecule is N#Cc1cncc(F)c1N. The summed E-state index contributed by atoms with van der Waals surface area (Å²) < 4.78 is 12.4. The van der Waals surface area contributed by atoms with Crippen LogP contribution in [0.25, 0.3) is 0 Å². The molecule has 1 rings (SSSR count). The maximum Gasteiger partial charge on any atom is 0.165 e. The molecule has 0 spiro atoms. The molecule has 50 valence electrons. The highest BCUT2D eigenvalue weighted by atomic mass is 19.1. The first-order valence-corrected chi connectivity index (χ1v) is 2.55. The van der Waals surface area contributed by atoms with Gasteiger partial charge in [-0.15, -0.1) is 0 Å². The smallest absolute Gasteiger partial charge is 0.165 e. The molecular weight excluding hydrogens is 133 g/mol. The third-order valence-electron chi connectivity index (χ3n) is 1.06. The van der Waals surface area contributed by atoms with Crippen molar-refractivity contribution in [1.29, 1.82) is 5.26 Å². The van der Waals surface area contributed by atoms with Gasteiger partial charge in [0.1, 0.15) is 6.07 Å². The van der Waals surface area contributed by atoms with E-state index in [4.69, 9.17) is 11.0 Å². The van der Waals surface area contributed by atoms with Gasteiger partial charge in [-0.25, -0.2) is 4.39 Å². The number of nitriles is 1. The van der Waals surface area contributed by atoms with E-state index in [-0.39, 0.29) is 11.3 Å². The lowest BCUT2D eigenvalue weighted by molar-refractivity contribution is 0.625. The van der Waals surface area contributed by atoms with Gasteiger partial charge in [0.05, 0.1) is 17.4 Å². The summed E-state index contributed by atoms with van der Waals surface area (Å²) in [5.74, 6) is -0.654. The number of pyridine rings is 1. The van der Waals surface area contributed by atoms with Crippen LogP contribution in [0.4, 0.5) is 10.1 Å². The van der Waals surface area contributed by atoms with Gasteiger partial charge < -0.3 is 5.73 Å². The van der Waals surface area contributed by atoms with Crippen molar-refractivity contribution in [2.24, 2.45) is 0 Å². The van der Waals surface area contributed by atoms with Gasteiger partial charge in [0.25, 0.3) is 0 Å². The van der Waals surface area contributed by atoms with Gasteiger partial charge in [-0.2, -0.15) is 5.26 Å². The Morgan fingerprint density at radius 1 is 1.60 bits per heavy atom. The molecule has 0 aliphatic heterocycles. The fourth-order valence-corrected chi connectivity index (χ4v) is 0.534. The van der Waals surface area contributed by atoms with Crippen LogP contribution in [0.15, 0.2) is 12.4 Å². The van der Waals surface area contributed by atoms with Crippen molar-refractivity contribution in [3.05, 3.63) is 23.8 Å². The van der Waals surface area contributed by atoms with Gasteiger partial charge >= 0.3 is 0 Å². The van der Waals surface area contributed by atoms with Crippen molar-refractivity contribution in [2.45, 2.75) is 0 Å². The van der Waals surface area contributed by atoms with E-state index < -0.39 is 5.82 Å². The Balaban J connectivity index is 3.31. The van der Waals surface area contributed by atoms with Crippen LogP contribution in [0.1, 0.15) is 5.56 Å². The average molecular weight is 137 g/mol. The van der Waals surface area contributed by atoms with Crippen LogP contribution in [0.5, 0.6) is 0 Å². The van der Waals surface area contributed by atoms with Crippen molar-refractivity contribution in [3.8, 4) is 6.07 Å². The van der Waals surface area contributed by atoms with Gasteiger partial charge in [0.15, 0.2) is 5.82 Å². The summed E-state index contributed by atoms with van der Waals surface area (Å²) in [6, 6.07) is 1.71. The fraction of sp³-hybridized carbons (Fsp3) is 0. The van der Waals surface area contributed by atoms with Crippen LogP contribution >= 0.6 is 0 Å². The van der Waals surface area contributed by atoms with Crippen molar-refractivity contribution in [1.82, 2.24) is 4.98 Å². The minimum absolute atomic E-state index is 0.0694. The van der Waals surface area contributed by atoms with Crippen molar-refractivity contribution in [3.63, 3.8) is 0 Å². The molecule has 0 saturated heterocycles. The van der Waals surface area contributed by atoms with Crippen LogP contribution in [0.2, 0.25) is 0 Å². The van der Waals surface area contributed by atoms with Crippen molar-refractivity contribution < 1.29 is 4.39 Å². The zero-order valence-electron chi connectivity index (χ0n) is 5.00. The summed E-state index contributed by atoms with van der Waals surface area (Å²) in [6.45, 7) is 0. The molecule has 0 saturated carbocycles. The fourth-order valence-electron chi connectivity index (χ4n) is 0.534. The topological polar surface area (TPSA) is 62.7 Å². The molecule has 3 nitrogen and oxygen atoms in total. The highest BCUT2D eigenvalue weighted by molar-refractivity contribution is 5.52.